The molecule has 0 saturated carbocycles. The molecule has 1 N–H and O–H groups in total. The van der Waals surface area contributed by atoms with Gasteiger partial charge in [0.25, 0.3) is 0 Å². The van der Waals surface area contributed by atoms with Gasteiger partial charge in [0.05, 0.1) is 24.2 Å². The van der Waals surface area contributed by atoms with E-state index in [1.54, 1.807) is 19.4 Å². The number of methoxy groups -OCH3 is 1. The molecule has 0 aliphatic rings. The largest absolute Gasteiger partial charge is 0.495 e. The molecule has 23 heavy (non-hydrogen) atoms. The van der Waals surface area contributed by atoms with Crippen LogP contribution >= 0.6 is 11.6 Å². The zero-order valence-electron chi connectivity index (χ0n) is 12.5. The molecule has 1 heterocycles. The van der Waals surface area contributed by atoms with Gasteiger partial charge in [-0.05, 0) is 35.9 Å². The third-order valence-electron chi connectivity index (χ3n) is 3.55. The van der Waals surface area contributed by atoms with Gasteiger partial charge in [0.15, 0.2) is 5.69 Å². The van der Waals surface area contributed by atoms with Gasteiger partial charge >= 0.3 is 0 Å². The molecule has 0 saturated heterocycles. The van der Waals surface area contributed by atoms with Crippen molar-refractivity contribution < 1.29 is 4.74 Å². The number of ether oxygens (including phenoxy) is 1. The van der Waals surface area contributed by atoms with Gasteiger partial charge in [0.2, 0.25) is 0 Å². The van der Waals surface area contributed by atoms with E-state index in [1.165, 1.54) is 0 Å². The number of hydrogen-bond acceptors (Lipinski definition) is 3. The number of nitrogens with zero attached hydrogens (tertiary/aromatic N) is 2. The maximum absolute atomic E-state index is 7.15. The molecule has 0 bridgehead atoms. The highest BCUT2D eigenvalue weighted by Gasteiger charge is 2.05. The van der Waals surface area contributed by atoms with Crippen molar-refractivity contribution in [1.82, 2.24) is 4.98 Å². The summed E-state index contributed by atoms with van der Waals surface area (Å²) in [5.41, 5.74) is 3.44. The molecule has 0 aliphatic heterocycles. The molecule has 5 heteroatoms. The molecule has 2 aromatic carbocycles. The van der Waals surface area contributed by atoms with E-state index in [1.807, 2.05) is 36.4 Å². The average Bonchev–Trinajstić information content (AvgIpc) is 2.59. The number of rotatable bonds is 4. The minimum absolute atomic E-state index is 0.585. The Morgan fingerprint density at radius 2 is 2.09 bits per heavy atom. The normalized spacial score (nSPS) is 10.3. The summed E-state index contributed by atoms with van der Waals surface area (Å²) < 4.78 is 5.16. The highest BCUT2D eigenvalue weighted by Crippen LogP contribution is 2.28. The summed E-state index contributed by atoms with van der Waals surface area (Å²) in [6.45, 7) is 7.76. The molecule has 0 amide bonds. The van der Waals surface area contributed by atoms with Crippen LogP contribution in [-0.2, 0) is 6.54 Å². The third-order valence-corrected chi connectivity index (χ3v) is 3.85. The summed E-state index contributed by atoms with van der Waals surface area (Å²) in [5, 5.41) is 4.89. The minimum Gasteiger partial charge on any atom is -0.495 e. The molecule has 0 radical (unpaired) electrons. The minimum atomic E-state index is 0.585. The SMILES string of the molecule is [C-]#[N+]c1ccc2nccc(NCc3ccc(OC)c(Cl)c3)c2c1. The molecular formula is C18H14ClN3O. The molecule has 0 aliphatic carbocycles. The molecule has 4 nitrogen and oxygen atoms in total. The first kappa shape index (κ1) is 15.1. The molecule has 0 atom stereocenters. The van der Waals surface area contributed by atoms with Crippen LogP contribution < -0.4 is 10.1 Å². The summed E-state index contributed by atoms with van der Waals surface area (Å²) in [4.78, 5) is 7.80. The fourth-order valence-electron chi connectivity index (χ4n) is 2.38. The van der Waals surface area contributed by atoms with Crippen LogP contribution in [0, 0.1) is 6.57 Å². The molecule has 3 rings (SSSR count). The number of hydrogen-bond donors (Lipinski definition) is 1. The molecule has 0 unspecified atom stereocenters. The summed E-state index contributed by atoms with van der Waals surface area (Å²) in [7, 11) is 1.59. The number of anilines is 1. The number of halogens is 1. The number of nitrogens with one attached hydrogen (secondary N) is 1. The van der Waals surface area contributed by atoms with Gasteiger partial charge in [0, 0.05) is 23.8 Å². The Hall–Kier alpha value is -2.77. The molecular weight excluding hydrogens is 310 g/mol. The highest BCUT2D eigenvalue weighted by atomic mass is 35.5. The Bertz CT molecular complexity index is 902. The number of benzene rings is 2. The average molecular weight is 324 g/mol. The van der Waals surface area contributed by atoms with E-state index in [9.17, 15) is 0 Å². The zero-order valence-corrected chi connectivity index (χ0v) is 13.3. The Morgan fingerprint density at radius 3 is 2.83 bits per heavy atom. The van der Waals surface area contributed by atoms with Crippen LogP contribution in [0.5, 0.6) is 5.75 Å². The lowest BCUT2D eigenvalue weighted by atomic mass is 10.1. The first-order valence-electron chi connectivity index (χ1n) is 7.04. The lowest BCUT2D eigenvalue weighted by Gasteiger charge is -2.11. The van der Waals surface area contributed by atoms with Crippen molar-refractivity contribution in [3.05, 3.63) is 70.7 Å². The summed E-state index contributed by atoms with van der Waals surface area (Å²) in [5.74, 6) is 0.659. The topological polar surface area (TPSA) is 38.5 Å². The van der Waals surface area contributed by atoms with E-state index < -0.39 is 0 Å². The Kier molecular flexibility index (Phi) is 4.31. The van der Waals surface area contributed by atoms with E-state index in [-0.39, 0.29) is 0 Å². The smallest absolute Gasteiger partial charge is 0.188 e. The van der Waals surface area contributed by atoms with Crippen molar-refractivity contribution in [3.63, 3.8) is 0 Å². The van der Waals surface area contributed by atoms with E-state index in [4.69, 9.17) is 22.9 Å². The number of aromatic nitrogens is 1. The Labute approximate surface area is 139 Å². The number of fused-ring (bicyclic) bond motifs is 1. The fraction of sp³-hybridized carbons (Fsp3) is 0.111. The van der Waals surface area contributed by atoms with Gasteiger partial charge in [-0.1, -0.05) is 23.7 Å². The molecule has 0 spiro atoms. The van der Waals surface area contributed by atoms with Crippen LogP contribution in [0.4, 0.5) is 11.4 Å². The quantitative estimate of drug-likeness (QED) is 0.682. The predicted molar refractivity (Wildman–Crippen MR) is 93.3 cm³/mol. The molecule has 114 valence electrons. The molecule has 3 aromatic rings. The standard InChI is InChI=1S/C18H14ClN3O/c1-20-13-4-5-16-14(10-13)17(7-8-21-16)22-11-12-3-6-18(23-2)15(19)9-12/h3-10H,11H2,2H3,(H,21,22). The summed E-state index contributed by atoms with van der Waals surface area (Å²) >= 11 is 6.15. The van der Waals surface area contributed by atoms with Crippen molar-refractivity contribution in [2.75, 3.05) is 12.4 Å². The Balaban J connectivity index is 1.87. The van der Waals surface area contributed by atoms with Crippen molar-refractivity contribution in [3.8, 4) is 5.75 Å². The van der Waals surface area contributed by atoms with Crippen molar-refractivity contribution in [2.24, 2.45) is 0 Å². The zero-order chi connectivity index (χ0) is 16.2. The van der Waals surface area contributed by atoms with Crippen LogP contribution in [0.2, 0.25) is 5.02 Å². The monoisotopic (exact) mass is 323 g/mol. The van der Waals surface area contributed by atoms with E-state index in [0.29, 0.717) is 23.0 Å². The van der Waals surface area contributed by atoms with Crippen LogP contribution in [0.3, 0.4) is 0 Å². The fourth-order valence-corrected chi connectivity index (χ4v) is 2.66. The van der Waals surface area contributed by atoms with E-state index >= 15 is 0 Å². The lowest BCUT2D eigenvalue weighted by Crippen LogP contribution is -2.00. The molecule has 0 fully saturated rings. The van der Waals surface area contributed by atoms with Crippen molar-refractivity contribution in [2.45, 2.75) is 6.54 Å². The maximum atomic E-state index is 7.15. The second kappa shape index (κ2) is 6.55. The second-order valence-corrected chi connectivity index (χ2v) is 5.40. The van der Waals surface area contributed by atoms with Crippen molar-refractivity contribution >= 4 is 33.9 Å². The molecule has 1 aromatic heterocycles. The highest BCUT2D eigenvalue weighted by molar-refractivity contribution is 6.32. The van der Waals surface area contributed by atoms with Gasteiger partial charge < -0.3 is 10.1 Å². The Morgan fingerprint density at radius 1 is 1.22 bits per heavy atom. The summed E-state index contributed by atoms with van der Waals surface area (Å²) in [6, 6.07) is 13.1. The van der Waals surface area contributed by atoms with E-state index in [0.717, 1.165) is 22.2 Å². The van der Waals surface area contributed by atoms with Crippen LogP contribution in [0.25, 0.3) is 15.7 Å². The van der Waals surface area contributed by atoms with Crippen LogP contribution in [-0.4, -0.2) is 12.1 Å². The van der Waals surface area contributed by atoms with Gasteiger partial charge in [-0.25, -0.2) is 4.85 Å². The van der Waals surface area contributed by atoms with Gasteiger partial charge in [0.1, 0.15) is 5.75 Å². The van der Waals surface area contributed by atoms with E-state index in [2.05, 4.69) is 15.1 Å². The van der Waals surface area contributed by atoms with Crippen LogP contribution in [0.15, 0.2) is 48.7 Å². The van der Waals surface area contributed by atoms with Crippen LogP contribution in [0.1, 0.15) is 5.56 Å². The third kappa shape index (κ3) is 3.20. The summed E-state index contributed by atoms with van der Waals surface area (Å²) in [6.07, 6.45) is 1.75. The predicted octanol–water partition coefficient (Wildman–Crippen LogP) is 5.06. The number of pyridine rings is 1. The van der Waals surface area contributed by atoms with Gasteiger partial charge in [-0.2, -0.15) is 0 Å². The first-order chi connectivity index (χ1) is 11.2. The maximum Gasteiger partial charge on any atom is 0.188 e. The lowest BCUT2D eigenvalue weighted by molar-refractivity contribution is 0.415. The van der Waals surface area contributed by atoms with Gasteiger partial charge in [-0.15, -0.1) is 0 Å². The second-order valence-electron chi connectivity index (χ2n) is 4.99. The first-order valence-corrected chi connectivity index (χ1v) is 7.41. The van der Waals surface area contributed by atoms with Gasteiger partial charge in [-0.3, -0.25) is 4.98 Å². The van der Waals surface area contributed by atoms with Crippen molar-refractivity contribution in [1.29, 1.82) is 0 Å².